The van der Waals surface area contributed by atoms with Crippen LogP contribution in [0.25, 0.3) is 0 Å². The van der Waals surface area contributed by atoms with Crippen molar-refractivity contribution in [1.29, 1.82) is 0 Å². The topological polar surface area (TPSA) is 47.0 Å². The Bertz CT molecular complexity index is 636. The van der Waals surface area contributed by atoms with Crippen molar-refractivity contribution < 1.29 is 17.9 Å². The molecule has 0 fully saturated rings. The first-order chi connectivity index (χ1) is 9.77. The van der Waals surface area contributed by atoms with Gasteiger partial charge in [-0.3, -0.25) is 0 Å². The second-order valence-electron chi connectivity index (χ2n) is 4.59. The van der Waals surface area contributed by atoms with Gasteiger partial charge in [-0.2, -0.15) is 18.2 Å². The summed E-state index contributed by atoms with van der Waals surface area (Å²) in [6, 6.07) is 6.16. The number of benzene rings is 1. The van der Waals surface area contributed by atoms with E-state index in [0.29, 0.717) is 5.75 Å². The molecule has 1 aromatic carbocycles. The zero-order valence-electron chi connectivity index (χ0n) is 11.7. The summed E-state index contributed by atoms with van der Waals surface area (Å²) in [7, 11) is 1.44. The monoisotopic (exact) mass is 297 g/mol. The second-order valence-corrected chi connectivity index (χ2v) is 4.59. The van der Waals surface area contributed by atoms with Gasteiger partial charge in [0, 0.05) is 13.1 Å². The minimum atomic E-state index is -4.56. The number of alkyl halides is 3. The Kier molecular flexibility index (Phi) is 4.02. The fourth-order valence-corrected chi connectivity index (χ4v) is 1.85. The molecule has 2 rings (SSSR count). The lowest BCUT2D eigenvalue weighted by Crippen LogP contribution is -2.11. The molecule has 0 bridgehead atoms. The summed E-state index contributed by atoms with van der Waals surface area (Å²) in [6.45, 7) is 3.75. The number of anilines is 1. The molecule has 1 heterocycles. The van der Waals surface area contributed by atoms with Gasteiger partial charge in [-0.1, -0.05) is 6.07 Å². The average Bonchev–Trinajstić information content (AvgIpc) is 2.36. The summed E-state index contributed by atoms with van der Waals surface area (Å²) in [5.41, 5.74) is 0.842. The van der Waals surface area contributed by atoms with E-state index < -0.39 is 11.9 Å². The number of aryl methyl sites for hydroxylation is 2. The molecule has 0 radical (unpaired) electrons. The third-order valence-corrected chi connectivity index (χ3v) is 2.63. The first-order valence-corrected chi connectivity index (χ1v) is 6.18. The lowest BCUT2D eigenvalue weighted by Gasteiger charge is -2.11. The number of hydrogen-bond acceptors (Lipinski definition) is 4. The molecule has 0 aliphatic carbocycles. The number of ether oxygens (including phenoxy) is 1. The standard InChI is InChI=1S/C14H14F3N3O/c1-8-4-9(2)6-10(5-8)21-12-7-11(14(15,16)17)19-13(18-3)20-12/h4-7H,1-3H3,(H,18,19,20). The first kappa shape index (κ1) is 15.1. The van der Waals surface area contributed by atoms with Crippen molar-refractivity contribution in [2.45, 2.75) is 20.0 Å². The van der Waals surface area contributed by atoms with Gasteiger partial charge in [0.1, 0.15) is 5.75 Å². The van der Waals surface area contributed by atoms with Gasteiger partial charge in [0.05, 0.1) is 0 Å². The SMILES string of the molecule is CNc1nc(Oc2cc(C)cc(C)c2)cc(C(F)(F)F)n1. The van der Waals surface area contributed by atoms with E-state index in [1.165, 1.54) is 7.05 Å². The van der Waals surface area contributed by atoms with Gasteiger partial charge in [-0.05, 0) is 37.1 Å². The van der Waals surface area contributed by atoms with Crippen LogP contribution < -0.4 is 10.1 Å². The molecule has 2 aromatic rings. The van der Waals surface area contributed by atoms with Gasteiger partial charge in [0.25, 0.3) is 0 Å². The molecule has 1 aromatic heterocycles. The molecule has 0 atom stereocenters. The Labute approximate surface area is 120 Å². The molecule has 21 heavy (non-hydrogen) atoms. The van der Waals surface area contributed by atoms with E-state index in [-0.39, 0.29) is 11.8 Å². The molecule has 4 nitrogen and oxygen atoms in total. The fourth-order valence-electron chi connectivity index (χ4n) is 1.85. The minimum Gasteiger partial charge on any atom is -0.439 e. The predicted molar refractivity (Wildman–Crippen MR) is 72.6 cm³/mol. The number of halogens is 3. The van der Waals surface area contributed by atoms with Gasteiger partial charge in [-0.25, -0.2) is 4.98 Å². The molecule has 1 N–H and O–H groups in total. The average molecular weight is 297 g/mol. The molecule has 0 saturated heterocycles. The van der Waals surface area contributed by atoms with E-state index in [2.05, 4.69) is 15.3 Å². The van der Waals surface area contributed by atoms with E-state index >= 15 is 0 Å². The van der Waals surface area contributed by atoms with Crippen molar-refractivity contribution in [3.8, 4) is 11.6 Å². The third-order valence-electron chi connectivity index (χ3n) is 2.63. The highest BCUT2D eigenvalue weighted by Gasteiger charge is 2.34. The van der Waals surface area contributed by atoms with Gasteiger partial charge >= 0.3 is 6.18 Å². The second kappa shape index (κ2) is 5.59. The molecule has 0 saturated carbocycles. The van der Waals surface area contributed by atoms with Crippen LogP contribution in [0.4, 0.5) is 19.1 Å². The van der Waals surface area contributed by atoms with Crippen LogP contribution >= 0.6 is 0 Å². The summed E-state index contributed by atoms with van der Waals surface area (Å²) >= 11 is 0. The maximum Gasteiger partial charge on any atom is 0.433 e. The number of aromatic nitrogens is 2. The molecule has 112 valence electrons. The van der Waals surface area contributed by atoms with Crippen molar-refractivity contribution >= 4 is 5.95 Å². The first-order valence-electron chi connectivity index (χ1n) is 6.18. The van der Waals surface area contributed by atoms with Crippen LogP contribution in [0.3, 0.4) is 0 Å². The van der Waals surface area contributed by atoms with Gasteiger partial charge in [0.15, 0.2) is 5.69 Å². The largest absolute Gasteiger partial charge is 0.439 e. The Morgan fingerprint density at radius 3 is 2.14 bits per heavy atom. The highest BCUT2D eigenvalue weighted by Crippen LogP contribution is 2.31. The zero-order valence-corrected chi connectivity index (χ0v) is 11.7. The molecular weight excluding hydrogens is 283 g/mol. The fraction of sp³-hybridized carbons (Fsp3) is 0.286. The predicted octanol–water partition coefficient (Wildman–Crippen LogP) is 3.95. The van der Waals surface area contributed by atoms with E-state index in [1.807, 2.05) is 19.9 Å². The molecule has 0 aliphatic heterocycles. The Morgan fingerprint density at radius 1 is 1.00 bits per heavy atom. The summed E-state index contributed by atoms with van der Waals surface area (Å²) in [4.78, 5) is 7.25. The van der Waals surface area contributed by atoms with Crippen molar-refractivity contribution in [3.63, 3.8) is 0 Å². The van der Waals surface area contributed by atoms with Crippen molar-refractivity contribution in [2.75, 3.05) is 12.4 Å². The summed E-state index contributed by atoms with van der Waals surface area (Å²) in [5.74, 6) is 0.122. The van der Waals surface area contributed by atoms with Crippen LogP contribution in [-0.4, -0.2) is 17.0 Å². The molecule has 0 amide bonds. The van der Waals surface area contributed by atoms with Crippen molar-refractivity contribution in [1.82, 2.24) is 9.97 Å². The minimum absolute atomic E-state index is 0.149. The Hall–Kier alpha value is -2.31. The van der Waals surface area contributed by atoms with Crippen LogP contribution in [-0.2, 0) is 6.18 Å². The van der Waals surface area contributed by atoms with Gasteiger partial charge in [0.2, 0.25) is 11.8 Å². The van der Waals surface area contributed by atoms with E-state index in [0.717, 1.165) is 17.2 Å². The van der Waals surface area contributed by atoms with Crippen molar-refractivity contribution in [3.05, 3.63) is 41.1 Å². The van der Waals surface area contributed by atoms with Crippen molar-refractivity contribution in [2.24, 2.45) is 0 Å². The van der Waals surface area contributed by atoms with E-state index in [4.69, 9.17) is 4.74 Å². The van der Waals surface area contributed by atoms with Crippen LogP contribution in [0.5, 0.6) is 11.6 Å². The van der Waals surface area contributed by atoms with Crippen LogP contribution in [0.2, 0.25) is 0 Å². The van der Waals surface area contributed by atoms with Crippen LogP contribution in [0.15, 0.2) is 24.3 Å². The summed E-state index contributed by atoms with van der Waals surface area (Å²) < 4.78 is 43.8. The highest BCUT2D eigenvalue weighted by molar-refractivity contribution is 5.37. The maximum absolute atomic E-state index is 12.8. The van der Waals surface area contributed by atoms with E-state index in [1.54, 1.807) is 12.1 Å². The number of nitrogens with zero attached hydrogens (tertiary/aromatic N) is 2. The van der Waals surface area contributed by atoms with Crippen LogP contribution in [0, 0.1) is 13.8 Å². The highest BCUT2D eigenvalue weighted by atomic mass is 19.4. The Balaban J connectivity index is 2.39. The Morgan fingerprint density at radius 2 is 1.62 bits per heavy atom. The molecule has 0 spiro atoms. The number of hydrogen-bond donors (Lipinski definition) is 1. The molecular formula is C14H14F3N3O. The quantitative estimate of drug-likeness (QED) is 0.932. The zero-order chi connectivity index (χ0) is 15.6. The van der Waals surface area contributed by atoms with Gasteiger partial charge in [-0.15, -0.1) is 0 Å². The lowest BCUT2D eigenvalue weighted by atomic mass is 10.1. The smallest absolute Gasteiger partial charge is 0.433 e. The normalized spacial score (nSPS) is 11.3. The summed E-state index contributed by atoms with van der Waals surface area (Å²) in [6.07, 6.45) is -4.56. The lowest BCUT2D eigenvalue weighted by molar-refractivity contribution is -0.141. The van der Waals surface area contributed by atoms with Crippen LogP contribution in [0.1, 0.15) is 16.8 Å². The molecule has 7 heteroatoms. The summed E-state index contributed by atoms with van der Waals surface area (Å²) in [5, 5.41) is 2.49. The molecule has 0 aliphatic rings. The van der Waals surface area contributed by atoms with E-state index in [9.17, 15) is 13.2 Å². The third kappa shape index (κ3) is 3.84. The maximum atomic E-state index is 12.8. The number of rotatable bonds is 3. The van der Waals surface area contributed by atoms with Gasteiger partial charge < -0.3 is 10.1 Å². The molecule has 0 unspecified atom stereocenters. The number of nitrogens with one attached hydrogen (secondary N) is 1.